The molecule has 8 nitrogen and oxygen atoms in total. The first kappa shape index (κ1) is 23.8. The van der Waals surface area contributed by atoms with Crippen LogP contribution in [0, 0.1) is 11.3 Å². The van der Waals surface area contributed by atoms with E-state index in [9.17, 15) is 14.9 Å². The Morgan fingerprint density at radius 2 is 1.91 bits per heavy atom. The van der Waals surface area contributed by atoms with Crippen LogP contribution in [0.25, 0.3) is 11.7 Å². The normalized spacial score (nSPS) is 11.1. The van der Waals surface area contributed by atoms with Crippen molar-refractivity contribution < 1.29 is 14.3 Å². The number of pyridine rings is 1. The molecule has 0 aliphatic carbocycles. The van der Waals surface area contributed by atoms with Crippen molar-refractivity contribution in [3.05, 3.63) is 98.4 Å². The summed E-state index contributed by atoms with van der Waals surface area (Å²) in [6.45, 7) is 0. The first-order valence-corrected chi connectivity index (χ1v) is 10.9. The molecule has 1 N–H and O–H groups in total. The van der Waals surface area contributed by atoms with Crippen molar-refractivity contribution in [2.45, 2.75) is 0 Å². The van der Waals surface area contributed by atoms with Crippen LogP contribution >= 0.6 is 23.2 Å². The second kappa shape index (κ2) is 10.3. The highest BCUT2D eigenvalue weighted by molar-refractivity contribution is 6.35. The predicted molar refractivity (Wildman–Crippen MR) is 133 cm³/mol. The number of nitriles is 1. The van der Waals surface area contributed by atoms with Crippen LogP contribution in [-0.2, 0) is 4.79 Å². The number of hydrogen-bond donors (Lipinski definition) is 1. The first-order chi connectivity index (χ1) is 16.9. The molecule has 35 heavy (non-hydrogen) atoms. The standard InChI is InChI=1S/C25H16Cl2N4O4/c1-34-18-8-6-17(7-9-18)29-23(32)15(14-28)12-19-24(35-21-10-5-16(26)13-20(21)27)30-22-4-2-3-11-31(22)25(19)33/h2-13H,1H3,(H,29,32). The van der Waals surface area contributed by atoms with Gasteiger partial charge >= 0.3 is 0 Å². The molecule has 174 valence electrons. The number of methoxy groups -OCH3 is 1. The Bertz CT molecular complexity index is 1560. The molecule has 2 heterocycles. The van der Waals surface area contributed by atoms with E-state index in [4.69, 9.17) is 32.7 Å². The average Bonchev–Trinajstić information content (AvgIpc) is 2.86. The number of nitrogens with zero attached hydrogens (tertiary/aromatic N) is 3. The van der Waals surface area contributed by atoms with Gasteiger partial charge in [0.05, 0.1) is 12.1 Å². The van der Waals surface area contributed by atoms with Crippen molar-refractivity contribution in [1.82, 2.24) is 9.38 Å². The predicted octanol–water partition coefficient (Wildman–Crippen LogP) is 5.35. The van der Waals surface area contributed by atoms with Gasteiger partial charge in [-0.3, -0.25) is 14.0 Å². The lowest BCUT2D eigenvalue weighted by Gasteiger charge is -2.11. The summed E-state index contributed by atoms with van der Waals surface area (Å²) in [5, 5.41) is 12.9. The van der Waals surface area contributed by atoms with Gasteiger partial charge in [-0.05, 0) is 60.7 Å². The third kappa shape index (κ3) is 5.27. The lowest BCUT2D eigenvalue weighted by atomic mass is 10.1. The monoisotopic (exact) mass is 506 g/mol. The number of fused-ring (bicyclic) bond motifs is 1. The second-order valence-corrected chi connectivity index (χ2v) is 7.94. The van der Waals surface area contributed by atoms with E-state index in [1.807, 2.05) is 6.07 Å². The highest BCUT2D eigenvalue weighted by Crippen LogP contribution is 2.32. The molecular weight excluding hydrogens is 491 g/mol. The Kier molecular flexibility index (Phi) is 7.01. The molecule has 0 aliphatic heterocycles. The van der Waals surface area contributed by atoms with Gasteiger partial charge in [0.1, 0.15) is 34.4 Å². The number of hydrogen-bond acceptors (Lipinski definition) is 6. The number of ether oxygens (including phenoxy) is 2. The van der Waals surface area contributed by atoms with Crippen molar-refractivity contribution in [3.63, 3.8) is 0 Å². The number of rotatable bonds is 6. The number of halogens is 2. The van der Waals surface area contributed by atoms with Gasteiger partial charge < -0.3 is 14.8 Å². The summed E-state index contributed by atoms with van der Waals surface area (Å²) in [4.78, 5) is 30.5. The molecule has 0 saturated heterocycles. The van der Waals surface area contributed by atoms with E-state index < -0.39 is 11.5 Å². The maximum atomic E-state index is 13.3. The van der Waals surface area contributed by atoms with E-state index in [1.165, 1.54) is 29.8 Å². The van der Waals surface area contributed by atoms with Gasteiger partial charge in [-0.1, -0.05) is 29.3 Å². The number of carbonyl (C=O) groups excluding carboxylic acids is 1. The molecule has 0 unspecified atom stereocenters. The second-order valence-electron chi connectivity index (χ2n) is 7.09. The van der Waals surface area contributed by atoms with E-state index in [0.29, 0.717) is 22.1 Å². The molecule has 0 radical (unpaired) electrons. The molecule has 0 fully saturated rings. The zero-order valence-electron chi connectivity index (χ0n) is 18.2. The molecule has 2 aromatic carbocycles. The van der Waals surface area contributed by atoms with E-state index in [2.05, 4.69) is 10.3 Å². The zero-order valence-corrected chi connectivity index (χ0v) is 19.7. The number of aromatic nitrogens is 2. The summed E-state index contributed by atoms with van der Waals surface area (Å²) >= 11 is 12.2. The molecular formula is C25H16Cl2N4O4. The Morgan fingerprint density at radius 3 is 2.60 bits per heavy atom. The van der Waals surface area contributed by atoms with Gasteiger partial charge in [0.25, 0.3) is 11.5 Å². The lowest BCUT2D eigenvalue weighted by molar-refractivity contribution is -0.112. The van der Waals surface area contributed by atoms with Gasteiger partial charge in [0.15, 0.2) is 0 Å². The fraction of sp³-hybridized carbons (Fsp3) is 0.0400. The first-order valence-electron chi connectivity index (χ1n) is 10.1. The van der Waals surface area contributed by atoms with Crippen LogP contribution in [0.2, 0.25) is 10.0 Å². The summed E-state index contributed by atoms with van der Waals surface area (Å²) in [5.74, 6) is -0.0443. The van der Waals surface area contributed by atoms with E-state index in [1.54, 1.807) is 48.5 Å². The molecule has 4 rings (SSSR count). The fourth-order valence-corrected chi connectivity index (χ4v) is 3.56. The minimum absolute atomic E-state index is 0.110. The van der Waals surface area contributed by atoms with Crippen LogP contribution in [0.1, 0.15) is 5.56 Å². The summed E-state index contributed by atoms with van der Waals surface area (Å²) in [6.07, 6.45) is 2.65. The summed E-state index contributed by atoms with van der Waals surface area (Å²) in [7, 11) is 1.52. The quantitative estimate of drug-likeness (QED) is 0.279. The van der Waals surface area contributed by atoms with E-state index in [0.717, 1.165) is 6.08 Å². The zero-order chi connectivity index (χ0) is 24.9. The Morgan fingerprint density at radius 1 is 1.14 bits per heavy atom. The average molecular weight is 507 g/mol. The van der Waals surface area contributed by atoms with Gasteiger partial charge in [-0.2, -0.15) is 10.2 Å². The summed E-state index contributed by atoms with van der Waals surface area (Å²) in [5.41, 5.74) is -0.241. The van der Waals surface area contributed by atoms with Crippen molar-refractivity contribution in [1.29, 1.82) is 5.26 Å². The molecule has 0 spiro atoms. The van der Waals surface area contributed by atoms with Gasteiger partial charge in [-0.15, -0.1) is 0 Å². The largest absolute Gasteiger partial charge is 0.497 e. The number of nitrogens with one attached hydrogen (secondary N) is 1. The van der Waals surface area contributed by atoms with Crippen molar-refractivity contribution in [3.8, 4) is 23.4 Å². The van der Waals surface area contributed by atoms with Gasteiger partial charge in [-0.25, -0.2) is 0 Å². The Hall–Kier alpha value is -4.32. The van der Waals surface area contributed by atoms with Crippen molar-refractivity contribution >= 4 is 46.5 Å². The van der Waals surface area contributed by atoms with E-state index in [-0.39, 0.29) is 27.8 Å². The SMILES string of the molecule is COc1ccc(NC(=O)C(C#N)=Cc2c(Oc3ccc(Cl)cc3Cl)nc3ccccn3c2=O)cc1. The number of benzene rings is 2. The maximum Gasteiger partial charge on any atom is 0.269 e. The Labute approximate surface area is 209 Å². The number of carbonyl (C=O) groups is 1. The van der Waals surface area contributed by atoms with Crippen LogP contribution in [-0.4, -0.2) is 22.4 Å². The highest BCUT2D eigenvalue weighted by Gasteiger charge is 2.18. The lowest BCUT2D eigenvalue weighted by Crippen LogP contribution is -2.20. The molecule has 0 saturated carbocycles. The van der Waals surface area contributed by atoms with Crippen LogP contribution in [0.15, 0.2) is 77.2 Å². The molecule has 1 amide bonds. The molecule has 4 aromatic rings. The van der Waals surface area contributed by atoms with Crippen LogP contribution in [0.5, 0.6) is 17.4 Å². The topological polar surface area (TPSA) is 106 Å². The molecule has 0 aliphatic rings. The fourth-order valence-electron chi connectivity index (χ4n) is 3.11. The molecule has 0 atom stereocenters. The molecule has 10 heteroatoms. The molecule has 0 bridgehead atoms. The minimum atomic E-state index is -0.717. The number of anilines is 1. The number of amides is 1. The molecule has 2 aromatic heterocycles. The van der Waals surface area contributed by atoms with Crippen molar-refractivity contribution in [2.75, 3.05) is 12.4 Å². The maximum absolute atomic E-state index is 13.3. The van der Waals surface area contributed by atoms with Gasteiger partial charge in [0.2, 0.25) is 5.88 Å². The van der Waals surface area contributed by atoms with Crippen LogP contribution in [0.3, 0.4) is 0 Å². The van der Waals surface area contributed by atoms with E-state index >= 15 is 0 Å². The van der Waals surface area contributed by atoms with Gasteiger partial charge in [0, 0.05) is 16.9 Å². The van der Waals surface area contributed by atoms with Crippen LogP contribution < -0.4 is 20.3 Å². The summed E-state index contributed by atoms with van der Waals surface area (Å²) < 4.78 is 12.2. The third-order valence-corrected chi connectivity index (χ3v) is 5.37. The van der Waals surface area contributed by atoms with Crippen molar-refractivity contribution in [2.24, 2.45) is 0 Å². The van der Waals surface area contributed by atoms with Crippen LogP contribution in [0.4, 0.5) is 5.69 Å². The minimum Gasteiger partial charge on any atom is -0.497 e. The summed E-state index contributed by atoms with van der Waals surface area (Å²) in [6, 6.07) is 17.9. The Balaban J connectivity index is 1.78. The third-order valence-electron chi connectivity index (χ3n) is 4.84. The highest BCUT2D eigenvalue weighted by atomic mass is 35.5. The smallest absolute Gasteiger partial charge is 0.269 e.